The molecule has 1 saturated carbocycles. The predicted molar refractivity (Wildman–Crippen MR) is 170 cm³/mol. The van der Waals surface area contributed by atoms with Gasteiger partial charge in [0, 0.05) is 50.3 Å². The van der Waals surface area contributed by atoms with Crippen LogP contribution in [0.25, 0.3) is 10.9 Å². The number of fused-ring (bicyclic) bond motifs is 1. The van der Waals surface area contributed by atoms with E-state index in [1.807, 2.05) is 23.1 Å². The average molecular weight is 636 g/mol. The van der Waals surface area contributed by atoms with E-state index in [1.54, 1.807) is 22.8 Å². The molecular weight excluding hydrogens is 604 g/mol. The van der Waals surface area contributed by atoms with E-state index in [-0.39, 0.29) is 70.5 Å². The number of aromatic nitrogens is 1. The van der Waals surface area contributed by atoms with Crippen molar-refractivity contribution in [2.75, 3.05) is 44.2 Å². The minimum atomic E-state index is -1.31. The van der Waals surface area contributed by atoms with Gasteiger partial charge in [-0.1, -0.05) is 42.2 Å². The van der Waals surface area contributed by atoms with Crippen LogP contribution in [-0.4, -0.2) is 111 Å². The third-order valence-corrected chi connectivity index (χ3v) is 9.50. The SMILES string of the molecule is O=C(COc1ccccc1)N[C@@H]1CN[C@H]1SC(=S)N1CCN(c2cc3c(cc2F)c(=O)c(C(=O)O)cn3C2CC2)CC1.[NaH]. The van der Waals surface area contributed by atoms with Gasteiger partial charge in [0.2, 0.25) is 5.43 Å². The Bertz CT molecular complexity index is 1600. The molecule has 6 rings (SSSR count). The zero-order valence-corrected chi connectivity index (χ0v) is 24.3. The molecule has 10 nitrogen and oxygen atoms in total. The fraction of sp³-hybridized carbons (Fsp3) is 0.379. The van der Waals surface area contributed by atoms with Crippen LogP contribution in [0.3, 0.4) is 0 Å². The first-order chi connectivity index (χ1) is 20.3. The molecule has 3 fully saturated rings. The number of hydrogen-bond acceptors (Lipinski definition) is 8. The predicted octanol–water partition coefficient (Wildman–Crippen LogP) is 2.16. The molecule has 2 aromatic carbocycles. The molecule has 1 amide bonds. The fourth-order valence-electron chi connectivity index (χ4n) is 5.22. The molecule has 0 bridgehead atoms. The van der Waals surface area contributed by atoms with E-state index in [1.165, 1.54) is 24.0 Å². The number of halogens is 1. The van der Waals surface area contributed by atoms with Crippen molar-refractivity contribution in [1.82, 2.24) is 20.1 Å². The van der Waals surface area contributed by atoms with Crippen molar-refractivity contribution in [3.8, 4) is 5.75 Å². The number of thioether (sulfide) groups is 1. The number of aromatic carboxylic acids is 1. The van der Waals surface area contributed by atoms with E-state index in [0.717, 1.165) is 12.8 Å². The van der Waals surface area contributed by atoms with Crippen molar-refractivity contribution in [1.29, 1.82) is 0 Å². The average Bonchev–Trinajstić information content (AvgIpc) is 3.83. The summed E-state index contributed by atoms with van der Waals surface area (Å²) in [7, 11) is 0. The summed E-state index contributed by atoms with van der Waals surface area (Å²) in [6.07, 6.45) is 3.17. The number of amides is 1. The van der Waals surface area contributed by atoms with Crippen LogP contribution in [0, 0.1) is 5.82 Å². The van der Waals surface area contributed by atoms with Crippen LogP contribution < -0.4 is 25.7 Å². The summed E-state index contributed by atoms with van der Waals surface area (Å²) < 4.78 is 23.3. The van der Waals surface area contributed by atoms with Gasteiger partial charge in [0.05, 0.1) is 22.6 Å². The number of nitrogens with one attached hydrogen (secondary N) is 2. The standard InChI is InChI=1S/C29H30FN5O5S2.Na.H/c30-21-12-19-23(35(17-6-7-17)15-20(26(19)37)28(38)39)13-24(21)33-8-10-34(11-9-33)29(41)42-27-22(14-31-27)32-25(36)16-40-18-4-2-1-3-5-18;;/h1-5,12-13,15,17,22,27,31H,6-11,14,16H2,(H,32,36)(H,38,39);;/t22-,27+;;/m1../s1. The van der Waals surface area contributed by atoms with E-state index in [9.17, 15) is 19.5 Å². The molecule has 3 N–H and O–H groups in total. The number of para-hydroxylation sites is 1. The van der Waals surface area contributed by atoms with Crippen LogP contribution in [0.1, 0.15) is 29.2 Å². The molecular formula is C29H31FN5NaO5S2. The molecule has 1 aromatic heterocycles. The van der Waals surface area contributed by atoms with Gasteiger partial charge >= 0.3 is 35.5 Å². The van der Waals surface area contributed by atoms with Crippen molar-refractivity contribution in [2.24, 2.45) is 0 Å². The number of nitrogens with zero attached hydrogens (tertiary/aromatic N) is 3. The van der Waals surface area contributed by atoms with Gasteiger partial charge in [-0.3, -0.25) is 9.59 Å². The number of carbonyl (C=O) groups excluding carboxylic acids is 1. The Kier molecular flexibility index (Phi) is 9.99. The minimum absolute atomic E-state index is 0. The number of carboxylic acid groups (broad SMARTS) is 1. The molecule has 2 aliphatic heterocycles. The van der Waals surface area contributed by atoms with E-state index in [2.05, 4.69) is 15.5 Å². The molecule has 2 atom stereocenters. The Morgan fingerprint density at radius 2 is 1.86 bits per heavy atom. The first-order valence-corrected chi connectivity index (χ1v) is 15.1. The summed E-state index contributed by atoms with van der Waals surface area (Å²) in [5.74, 6) is -1.42. The molecule has 3 aromatic rings. The van der Waals surface area contributed by atoms with Crippen LogP contribution >= 0.6 is 24.0 Å². The van der Waals surface area contributed by atoms with Gasteiger partial charge < -0.3 is 34.8 Å². The number of rotatable bonds is 8. The van der Waals surface area contributed by atoms with Crippen molar-refractivity contribution in [3.63, 3.8) is 0 Å². The Morgan fingerprint density at radius 1 is 1.14 bits per heavy atom. The van der Waals surface area contributed by atoms with Gasteiger partial charge in [-0.25, -0.2) is 9.18 Å². The van der Waals surface area contributed by atoms with Gasteiger partial charge in [0.15, 0.2) is 6.61 Å². The Morgan fingerprint density at radius 3 is 2.49 bits per heavy atom. The molecule has 0 radical (unpaired) electrons. The Balaban J connectivity index is 0.00000368. The zero-order chi connectivity index (χ0) is 29.4. The fourth-order valence-corrected chi connectivity index (χ4v) is 6.77. The number of anilines is 1. The number of pyridine rings is 1. The normalized spacial score (nSPS) is 19.7. The van der Waals surface area contributed by atoms with Gasteiger partial charge in [0.25, 0.3) is 5.91 Å². The zero-order valence-electron chi connectivity index (χ0n) is 22.6. The Labute approximate surface area is 279 Å². The third-order valence-electron chi connectivity index (χ3n) is 7.74. The number of thiocarbonyl (C=S) groups is 1. The molecule has 0 unspecified atom stereocenters. The molecule has 14 heteroatoms. The summed E-state index contributed by atoms with van der Waals surface area (Å²) in [5.41, 5.74) is -0.0752. The first kappa shape index (κ1) is 31.7. The van der Waals surface area contributed by atoms with Crippen molar-refractivity contribution < 1.29 is 23.8 Å². The number of benzene rings is 2. The molecule has 3 heterocycles. The quantitative estimate of drug-likeness (QED) is 0.251. The van der Waals surface area contributed by atoms with Gasteiger partial charge in [-0.2, -0.15) is 0 Å². The van der Waals surface area contributed by atoms with Gasteiger partial charge in [-0.15, -0.1) is 0 Å². The van der Waals surface area contributed by atoms with Crippen LogP contribution in [0.5, 0.6) is 5.75 Å². The molecule has 2 saturated heterocycles. The monoisotopic (exact) mass is 635 g/mol. The third kappa shape index (κ3) is 7.02. The number of ether oxygens (including phenoxy) is 1. The number of carboxylic acids is 1. The summed E-state index contributed by atoms with van der Waals surface area (Å²) >= 11 is 7.20. The maximum atomic E-state index is 15.3. The Hall–Kier alpha value is -2.68. The second-order valence-corrected chi connectivity index (χ2v) is 12.4. The van der Waals surface area contributed by atoms with Crippen LogP contribution in [0.2, 0.25) is 0 Å². The second kappa shape index (κ2) is 13.5. The first-order valence-electron chi connectivity index (χ1n) is 13.8. The maximum absolute atomic E-state index is 15.3. The molecule has 3 aliphatic rings. The summed E-state index contributed by atoms with van der Waals surface area (Å²) in [4.78, 5) is 40.8. The number of hydrogen-bond donors (Lipinski definition) is 3. The van der Waals surface area contributed by atoms with Crippen LogP contribution in [-0.2, 0) is 4.79 Å². The molecule has 1 aliphatic carbocycles. The number of carbonyl (C=O) groups is 2. The van der Waals surface area contributed by atoms with Crippen molar-refractivity contribution >= 4 is 86.3 Å². The second-order valence-electron chi connectivity index (χ2n) is 10.6. The van der Waals surface area contributed by atoms with E-state index < -0.39 is 17.2 Å². The molecule has 43 heavy (non-hydrogen) atoms. The van der Waals surface area contributed by atoms with Crippen molar-refractivity contribution in [3.05, 3.63) is 70.3 Å². The van der Waals surface area contributed by atoms with E-state index >= 15 is 4.39 Å². The summed E-state index contributed by atoms with van der Waals surface area (Å²) in [5, 5.41) is 15.8. The number of piperazine rings is 1. The van der Waals surface area contributed by atoms with E-state index in [0.29, 0.717) is 54.0 Å². The van der Waals surface area contributed by atoms with Gasteiger partial charge in [-0.05, 0) is 37.1 Å². The summed E-state index contributed by atoms with van der Waals surface area (Å²) in [6, 6.07) is 12.1. The van der Waals surface area contributed by atoms with Crippen molar-refractivity contribution in [2.45, 2.75) is 30.3 Å². The van der Waals surface area contributed by atoms with Crippen LogP contribution in [0.15, 0.2) is 53.5 Å². The van der Waals surface area contributed by atoms with Gasteiger partial charge in [0.1, 0.15) is 21.5 Å². The molecule has 222 valence electrons. The summed E-state index contributed by atoms with van der Waals surface area (Å²) in [6.45, 7) is 2.81. The van der Waals surface area contributed by atoms with E-state index in [4.69, 9.17) is 17.0 Å². The van der Waals surface area contributed by atoms with Crippen LogP contribution in [0.4, 0.5) is 10.1 Å². The topological polar surface area (TPSA) is 116 Å². The molecule has 0 spiro atoms.